The molecule has 0 unspecified atom stereocenters. The number of amides is 1. The SMILES string of the molecule is O=C(OCc1cc(C(F)(F)F)ccc1F)N1CCN(Cc2ccccc2OCc2ccccc2)CC1. The minimum absolute atomic E-state index is 0.316. The van der Waals surface area contributed by atoms with Crippen molar-refractivity contribution in [3.63, 3.8) is 0 Å². The van der Waals surface area contributed by atoms with Crippen LogP contribution < -0.4 is 4.74 Å². The van der Waals surface area contributed by atoms with Crippen LogP contribution in [0.4, 0.5) is 22.4 Å². The van der Waals surface area contributed by atoms with Crippen LogP contribution in [0.15, 0.2) is 72.8 Å². The number of halogens is 4. The van der Waals surface area contributed by atoms with Crippen molar-refractivity contribution in [2.75, 3.05) is 26.2 Å². The average Bonchev–Trinajstić information content (AvgIpc) is 2.88. The summed E-state index contributed by atoms with van der Waals surface area (Å²) < 4.78 is 63.7. The third kappa shape index (κ3) is 6.75. The Labute approximate surface area is 206 Å². The van der Waals surface area contributed by atoms with Gasteiger partial charge in [-0.2, -0.15) is 13.2 Å². The molecule has 5 nitrogen and oxygen atoms in total. The molecule has 3 aromatic rings. The second-order valence-electron chi connectivity index (χ2n) is 8.50. The smallest absolute Gasteiger partial charge is 0.416 e. The van der Waals surface area contributed by atoms with Gasteiger partial charge in [-0.25, -0.2) is 9.18 Å². The van der Waals surface area contributed by atoms with Crippen LogP contribution in [0.1, 0.15) is 22.3 Å². The van der Waals surface area contributed by atoms with Gasteiger partial charge in [-0.15, -0.1) is 0 Å². The lowest BCUT2D eigenvalue weighted by atomic mass is 10.1. The fraction of sp³-hybridized carbons (Fsp3) is 0.296. The lowest BCUT2D eigenvalue weighted by Crippen LogP contribution is -2.48. The highest BCUT2D eigenvalue weighted by molar-refractivity contribution is 5.67. The Kier molecular flexibility index (Phi) is 8.10. The summed E-state index contributed by atoms with van der Waals surface area (Å²) >= 11 is 0. The first-order valence-corrected chi connectivity index (χ1v) is 11.5. The summed E-state index contributed by atoms with van der Waals surface area (Å²) in [5.74, 6) is -0.0555. The Bertz CT molecular complexity index is 1160. The molecule has 0 saturated carbocycles. The predicted octanol–water partition coefficient (Wildman–Crippen LogP) is 5.88. The van der Waals surface area contributed by atoms with Crippen LogP contribution in [-0.4, -0.2) is 42.1 Å². The maximum atomic E-state index is 13.9. The van der Waals surface area contributed by atoms with E-state index in [9.17, 15) is 22.4 Å². The van der Waals surface area contributed by atoms with Gasteiger partial charge in [0.1, 0.15) is 24.8 Å². The number of para-hydroxylation sites is 1. The first-order chi connectivity index (χ1) is 17.3. The van der Waals surface area contributed by atoms with Gasteiger partial charge in [0.15, 0.2) is 0 Å². The molecule has 0 radical (unpaired) electrons. The average molecular weight is 503 g/mol. The van der Waals surface area contributed by atoms with Gasteiger partial charge < -0.3 is 14.4 Å². The molecule has 1 saturated heterocycles. The molecule has 36 heavy (non-hydrogen) atoms. The molecular weight excluding hydrogens is 476 g/mol. The van der Waals surface area contributed by atoms with Crippen LogP contribution in [0.5, 0.6) is 5.75 Å². The topological polar surface area (TPSA) is 42.0 Å². The van der Waals surface area contributed by atoms with Crippen LogP contribution in [0.3, 0.4) is 0 Å². The number of carbonyl (C=O) groups excluding carboxylic acids is 1. The molecule has 1 fully saturated rings. The fourth-order valence-corrected chi connectivity index (χ4v) is 3.93. The number of hydrogen-bond acceptors (Lipinski definition) is 4. The van der Waals surface area contributed by atoms with Gasteiger partial charge in [-0.05, 0) is 29.8 Å². The molecule has 0 aromatic heterocycles. The van der Waals surface area contributed by atoms with E-state index < -0.39 is 30.3 Å². The molecule has 0 bridgehead atoms. The lowest BCUT2D eigenvalue weighted by Gasteiger charge is -2.34. The number of alkyl halides is 3. The Morgan fingerprint density at radius 3 is 2.25 bits per heavy atom. The Hall–Kier alpha value is -3.59. The molecule has 1 aliphatic heterocycles. The van der Waals surface area contributed by atoms with Gasteiger partial charge in [0.05, 0.1) is 5.56 Å². The van der Waals surface area contributed by atoms with Gasteiger partial charge in [0, 0.05) is 43.9 Å². The molecule has 0 aliphatic carbocycles. The zero-order valence-electron chi connectivity index (χ0n) is 19.5. The number of hydrogen-bond donors (Lipinski definition) is 0. The van der Waals surface area contributed by atoms with Crippen molar-refractivity contribution in [2.45, 2.75) is 25.9 Å². The Morgan fingerprint density at radius 2 is 1.53 bits per heavy atom. The standard InChI is InChI=1S/C27H26F4N2O3/c28-24-11-10-23(27(29,30)31)16-22(24)19-36-26(34)33-14-12-32(13-15-33)17-21-8-4-5-9-25(21)35-18-20-6-2-1-3-7-20/h1-11,16H,12-15,17-19H2. The van der Waals surface area contributed by atoms with Crippen LogP contribution in [0, 0.1) is 5.82 Å². The highest BCUT2D eigenvalue weighted by Crippen LogP contribution is 2.30. The van der Waals surface area contributed by atoms with Crippen molar-refractivity contribution in [2.24, 2.45) is 0 Å². The van der Waals surface area contributed by atoms with E-state index in [1.807, 2.05) is 54.6 Å². The Morgan fingerprint density at radius 1 is 0.833 bits per heavy atom. The summed E-state index contributed by atoms with van der Waals surface area (Å²) in [7, 11) is 0. The van der Waals surface area contributed by atoms with Gasteiger partial charge in [-0.3, -0.25) is 4.90 Å². The van der Waals surface area contributed by atoms with Crippen LogP contribution in [0.2, 0.25) is 0 Å². The molecule has 9 heteroatoms. The summed E-state index contributed by atoms with van der Waals surface area (Å²) in [6.45, 7) is 2.47. The summed E-state index contributed by atoms with van der Waals surface area (Å²) in [5.41, 5.74) is 0.800. The van der Waals surface area contributed by atoms with Gasteiger partial charge >= 0.3 is 12.3 Å². The third-order valence-corrected chi connectivity index (χ3v) is 5.96. The van der Waals surface area contributed by atoms with Crippen molar-refractivity contribution < 1.29 is 31.8 Å². The van der Waals surface area contributed by atoms with E-state index in [1.165, 1.54) is 4.90 Å². The molecule has 0 N–H and O–H groups in total. The number of benzene rings is 3. The van der Waals surface area contributed by atoms with E-state index in [4.69, 9.17) is 9.47 Å². The lowest BCUT2D eigenvalue weighted by molar-refractivity contribution is -0.137. The fourth-order valence-electron chi connectivity index (χ4n) is 3.93. The van der Waals surface area contributed by atoms with Crippen molar-refractivity contribution in [1.82, 2.24) is 9.80 Å². The molecule has 1 heterocycles. The summed E-state index contributed by atoms with van der Waals surface area (Å²) in [6, 6.07) is 19.7. The zero-order chi connectivity index (χ0) is 25.5. The van der Waals surface area contributed by atoms with Crippen molar-refractivity contribution in [1.29, 1.82) is 0 Å². The van der Waals surface area contributed by atoms with Crippen LogP contribution >= 0.6 is 0 Å². The number of nitrogens with zero attached hydrogens (tertiary/aromatic N) is 2. The van der Waals surface area contributed by atoms with E-state index in [-0.39, 0.29) is 5.56 Å². The Balaban J connectivity index is 1.27. The second-order valence-corrected chi connectivity index (χ2v) is 8.50. The van der Waals surface area contributed by atoms with Crippen molar-refractivity contribution >= 4 is 6.09 Å². The molecule has 0 atom stereocenters. The first kappa shape index (κ1) is 25.5. The number of carbonyl (C=O) groups is 1. The molecule has 4 rings (SSSR count). The molecule has 3 aromatic carbocycles. The van der Waals surface area contributed by atoms with Crippen LogP contribution in [-0.2, 0) is 30.7 Å². The van der Waals surface area contributed by atoms with Crippen LogP contribution in [0.25, 0.3) is 0 Å². The number of piperazine rings is 1. The first-order valence-electron chi connectivity index (χ1n) is 11.5. The molecule has 190 valence electrons. The van der Waals surface area contributed by atoms with E-state index in [1.54, 1.807) is 0 Å². The molecule has 0 spiro atoms. The van der Waals surface area contributed by atoms with Crippen molar-refractivity contribution in [3.05, 3.63) is 101 Å². The minimum atomic E-state index is -4.60. The summed E-state index contributed by atoms with van der Waals surface area (Å²) in [5, 5.41) is 0. The van der Waals surface area contributed by atoms with Gasteiger partial charge in [0.25, 0.3) is 0 Å². The minimum Gasteiger partial charge on any atom is -0.489 e. The highest BCUT2D eigenvalue weighted by atomic mass is 19.4. The van der Waals surface area contributed by atoms with Gasteiger partial charge in [-0.1, -0.05) is 48.5 Å². The number of rotatable bonds is 7. The molecular formula is C27H26F4N2O3. The summed E-state index contributed by atoms with van der Waals surface area (Å²) in [4.78, 5) is 16.1. The third-order valence-electron chi connectivity index (χ3n) is 5.96. The monoisotopic (exact) mass is 502 g/mol. The van der Waals surface area contributed by atoms with E-state index in [2.05, 4.69) is 4.90 Å². The van der Waals surface area contributed by atoms with Crippen molar-refractivity contribution in [3.8, 4) is 5.75 Å². The van der Waals surface area contributed by atoms with E-state index in [0.717, 1.165) is 22.9 Å². The zero-order valence-corrected chi connectivity index (χ0v) is 19.5. The second kappa shape index (κ2) is 11.4. The van der Waals surface area contributed by atoms with Gasteiger partial charge in [0.2, 0.25) is 0 Å². The van der Waals surface area contributed by atoms with E-state index >= 15 is 0 Å². The molecule has 1 amide bonds. The normalized spacial score (nSPS) is 14.5. The van der Waals surface area contributed by atoms with E-state index in [0.29, 0.717) is 51.5 Å². The quantitative estimate of drug-likeness (QED) is 0.379. The maximum absolute atomic E-state index is 13.9. The predicted molar refractivity (Wildman–Crippen MR) is 126 cm³/mol. The molecule has 1 aliphatic rings. The highest BCUT2D eigenvalue weighted by Gasteiger charge is 2.31. The number of ether oxygens (including phenoxy) is 2. The summed E-state index contributed by atoms with van der Waals surface area (Å²) in [6.07, 6.45) is -5.29. The largest absolute Gasteiger partial charge is 0.489 e. The maximum Gasteiger partial charge on any atom is 0.416 e.